The lowest BCUT2D eigenvalue weighted by Crippen LogP contribution is -2.35. The normalized spacial score (nSPS) is 17.6. The lowest BCUT2D eigenvalue weighted by atomic mass is 9.92. The van der Waals surface area contributed by atoms with Crippen molar-refractivity contribution in [3.05, 3.63) is 95.2 Å². The molecule has 5 heterocycles. The van der Waals surface area contributed by atoms with Crippen molar-refractivity contribution in [2.45, 2.75) is 90.6 Å². The van der Waals surface area contributed by atoms with Crippen molar-refractivity contribution in [2.24, 2.45) is 11.8 Å². The molecule has 6 nitrogen and oxygen atoms in total. The Bertz CT molecular complexity index is 1290. The zero-order chi connectivity index (χ0) is 31.1. The summed E-state index contributed by atoms with van der Waals surface area (Å²) in [5.41, 5.74) is 2.89. The molecule has 244 valence electrons. The monoisotopic (exact) mass is 628 g/mol. The predicted octanol–water partition coefficient (Wildman–Crippen LogP) is 8.17. The highest BCUT2D eigenvalue weighted by molar-refractivity contribution is 7.10. The third kappa shape index (κ3) is 11.8. The molecule has 1 aromatic carbocycles. The maximum absolute atomic E-state index is 4.12. The predicted molar refractivity (Wildman–Crippen MR) is 189 cm³/mol. The van der Waals surface area contributed by atoms with E-state index in [1.807, 2.05) is 36.4 Å². The molecule has 2 aliphatic heterocycles. The van der Waals surface area contributed by atoms with Crippen molar-refractivity contribution < 1.29 is 0 Å². The van der Waals surface area contributed by atoms with Crippen molar-refractivity contribution in [2.75, 3.05) is 39.3 Å². The molecular formula is C38H56N6S. The molecule has 1 atom stereocenters. The van der Waals surface area contributed by atoms with Gasteiger partial charge in [-0.15, -0.1) is 11.3 Å². The van der Waals surface area contributed by atoms with Gasteiger partial charge in [0.25, 0.3) is 0 Å². The molecule has 45 heavy (non-hydrogen) atoms. The fourth-order valence-corrected chi connectivity index (χ4v) is 7.84. The van der Waals surface area contributed by atoms with Crippen LogP contribution in [-0.2, 0) is 19.5 Å². The van der Waals surface area contributed by atoms with Gasteiger partial charge < -0.3 is 18.9 Å². The van der Waals surface area contributed by atoms with Gasteiger partial charge in [0.2, 0.25) is 0 Å². The summed E-state index contributed by atoms with van der Waals surface area (Å²) < 4.78 is 4.41. The fourth-order valence-electron chi connectivity index (χ4n) is 6.92. The summed E-state index contributed by atoms with van der Waals surface area (Å²) in [6.45, 7) is 14.4. The van der Waals surface area contributed by atoms with Gasteiger partial charge in [0.1, 0.15) is 0 Å². The van der Waals surface area contributed by atoms with Crippen molar-refractivity contribution >= 4 is 11.3 Å². The van der Waals surface area contributed by atoms with Crippen LogP contribution >= 0.6 is 11.3 Å². The molecule has 6 rings (SSSR count). The van der Waals surface area contributed by atoms with Crippen LogP contribution in [0.25, 0.3) is 0 Å². The maximum Gasteiger partial charge on any atom is 0.0945 e. The molecule has 0 bridgehead atoms. The first-order chi connectivity index (χ1) is 22.1. The molecule has 0 radical (unpaired) electrons. The second-order valence-electron chi connectivity index (χ2n) is 13.5. The second-order valence-corrected chi connectivity index (χ2v) is 14.5. The second kappa shape index (κ2) is 18.4. The minimum absolute atomic E-state index is 0.662. The average molecular weight is 629 g/mol. The number of nitrogens with zero attached hydrogens (tertiary/aromatic N) is 6. The summed E-state index contributed by atoms with van der Waals surface area (Å²) in [6.07, 6.45) is 23.6. The Morgan fingerprint density at radius 1 is 0.778 bits per heavy atom. The molecule has 0 spiro atoms. The Balaban J connectivity index is 0.000000178. The number of hydrogen-bond donors (Lipinski definition) is 0. The van der Waals surface area contributed by atoms with Gasteiger partial charge in [-0.3, -0.25) is 0 Å². The number of aromatic nitrogens is 4. The number of thiophene rings is 1. The van der Waals surface area contributed by atoms with E-state index in [4.69, 9.17) is 0 Å². The lowest BCUT2D eigenvalue weighted by molar-refractivity contribution is 0.172. The van der Waals surface area contributed by atoms with Crippen LogP contribution in [0.3, 0.4) is 0 Å². The minimum Gasteiger partial charge on any atom is -0.337 e. The Labute approximate surface area is 276 Å². The number of likely N-dealkylation sites (tertiary alicyclic amines) is 2. The quantitative estimate of drug-likeness (QED) is 0.141. The van der Waals surface area contributed by atoms with Gasteiger partial charge in [0, 0.05) is 42.8 Å². The molecule has 2 aliphatic rings. The highest BCUT2D eigenvalue weighted by Crippen LogP contribution is 2.25. The first-order valence-corrected chi connectivity index (χ1v) is 18.4. The van der Waals surface area contributed by atoms with E-state index >= 15 is 0 Å². The van der Waals surface area contributed by atoms with Crippen molar-refractivity contribution in [3.63, 3.8) is 0 Å². The Kier molecular flexibility index (Phi) is 13.8. The van der Waals surface area contributed by atoms with Crippen molar-refractivity contribution in [1.82, 2.24) is 28.9 Å². The summed E-state index contributed by atoms with van der Waals surface area (Å²) in [7, 11) is 0. The first-order valence-electron chi connectivity index (χ1n) is 17.6. The van der Waals surface area contributed by atoms with Crippen LogP contribution in [0.1, 0.15) is 80.2 Å². The number of benzene rings is 1. The topological polar surface area (TPSA) is 42.1 Å². The van der Waals surface area contributed by atoms with E-state index in [9.17, 15) is 0 Å². The Hall–Kier alpha value is -2.74. The van der Waals surface area contributed by atoms with Crippen LogP contribution in [0.4, 0.5) is 0 Å². The number of aryl methyl sites for hydroxylation is 4. The third-order valence-electron chi connectivity index (χ3n) is 10.1. The van der Waals surface area contributed by atoms with Crippen LogP contribution in [-0.4, -0.2) is 68.2 Å². The molecule has 0 aliphatic carbocycles. The molecule has 0 saturated carbocycles. The van der Waals surface area contributed by atoms with Crippen LogP contribution in [0, 0.1) is 18.8 Å². The van der Waals surface area contributed by atoms with Crippen LogP contribution < -0.4 is 0 Å². The summed E-state index contributed by atoms with van der Waals surface area (Å²) in [6, 6.07) is 13.3. The summed E-state index contributed by atoms with van der Waals surface area (Å²) >= 11 is 1.92. The van der Waals surface area contributed by atoms with Gasteiger partial charge in [-0.25, -0.2) is 9.97 Å². The zero-order valence-corrected chi connectivity index (χ0v) is 28.7. The molecule has 0 N–H and O–H groups in total. The van der Waals surface area contributed by atoms with E-state index < -0.39 is 0 Å². The zero-order valence-electron chi connectivity index (χ0n) is 27.8. The van der Waals surface area contributed by atoms with E-state index in [-0.39, 0.29) is 0 Å². The summed E-state index contributed by atoms with van der Waals surface area (Å²) in [5, 5.41) is 2.26. The number of rotatable bonds is 14. The summed E-state index contributed by atoms with van der Waals surface area (Å²) in [5.74, 6) is 2.45. The van der Waals surface area contributed by atoms with Gasteiger partial charge in [0.15, 0.2) is 0 Å². The molecule has 4 aromatic rings. The maximum atomic E-state index is 4.12. The highest BCUT2D eigenvalue weighted by atomic mass is 32.1. The van der Waals surface area contributed by atoms with Crippen molar-refractivity contribution in [1.29, 1.82) is 0 Å². The Morgan fingerprint density at radius 3 is 1.87 bits per heavy atom. The molecule has 3 aromatic heterocycles. The van der Waals surface area contributed by atoms with Gasteiger partial charge in [-0.1, -0.05) is 37.3 Å². The van der Waals surface area contributed by atoms with Gasteiger partial charge in [0.05, 0.1) is 12.7 Å². The van der Waals surface area contributed by atoms with Crippen LogP contribution in [0.15, 0.2) is 79.2 Å². The van der Waals surface area contributed by atoms with Crippen molar-refractivity contribution in [3.8, 4) is 0 Å². The number of imidazole rings is 2. The molecule has 0 amide bonds. The molecule has 2 fully saturated rings. The van der Waals surface area contributed by atoms with E-state index in [0.29, 0.717) is 5.92 Å². The summed E-state index contributed by atoms with van der Waals surface area (Å²) in [4.78, 5) is 15.1. The number of piperidine rings is 2. The standard InChI is InChI=1S/C20H29N3.C18H27N3S/c1-18(20-5-3-2-4-6-20)7-12-22-13-8-19(9-14-22)10-15-23-16-11-21-17-23;1-16-13-18(22-14-16)3-2-8-20-9-4-17(5-10-20)6-11-21-12-7-19-15-21/h2-6,11,16-19H,7-10,12-15H2,1H3;7,12-15,17H,2-6,8-11H2,1H3. The van der Waals surface area contributed by atoms with E-state index in [0.717, 1.165) is 24.9 Å². The van der Waals surface area contributed by atoms with E-state index in [2.05, 4.69) is 96.9 Å². The average Bonchev–Trinajstić information content (AvgIpc) is 3.88. The minimum atomic E-state index is 0.662. The molecule has 7 heteroatoms. The van der Waals surface area contributed by atoms with E-state index in [1.165, 1.54) is 108 Å². The first kappa shape index (κ1) is 33.6. The molecule has 2 saturated heterocycles. The van der Waals surface area contributed by atoms with Gasteiger partial charge >= 0.3 is 0 Å². The highest BCUT2D eigenvalue weighted by Gasteiger charge is 2.20. The third-order valence-corrected chi connectivity index (χ3v) is 11.2. The van der Waals surface area contributed by atoms with Gasteiger partial charge in [-0.2, -0.15) is 0 Å². The SMILES string of the molecule is CC(CCN1CCC(CCn2ccnc2)CC1)c1ccccc1.Cc1csc(CCCN2CCC(CCn3ccnc3)CC2)c1. The molecule has 1 unspecified atom stereocenters. The van der Waals surface area contributed by atoms with Gasteiger partial charge in [-0.05, 0) is 144 Å². The molecular weight excluding hydrogens is 573 g/mol. The number of hydrogen-bond acceptors (Lipinski definition) is 5. The Morgan fingerprint density at radius 2 is 1.36 bits per heavy atom. The fraction of sp³-hybridized carbons (Fsp3) is 0.579. The van der Waals surface area contributed by atoms with Crippen LogP contribution in [0.5, 0.6) is 0 Å². The largest absolute Gasteiger partial charge is 0.337 e. The lowest BCUT2D eigenvalue weighted by Gasteiger charge is -2.32. The smallest absolute Gasteiger partial charge is 0.0945 e. The van der Waals surface area contributed by atoms with Crippen LogP contribution in [0.2, 0.25) is 0 Å². The van der Waals surface area contributed by atoms with E-state index in [1.54, 1.807) is 4.88 Å².